The largest absolute Gasteiger partial charge is 0.472 e. The van der Waals surface area contributed by atoms with Gasteiger partial charge in [0.15, 0.2) is 5.79 Å². The molecule has 4 aromatic rings. The van der Waals surface area contributed by atoms with Crippen LogP contribution in [0.2, 0.25) is 0 Å². The molecule has 0 atom stereocenters. The normalized spacial score (nSPS) is 18.0. The maximum Gasteiger partial charge on any atom is 0.236 e. The predicted molar refractivity (Wildman–Crippen MR) is 131 cm³/mol. The van der Waals surface area contributed by atoms with E-state index < -0.39 is 0 Å². The van der Waals surface area contributed by atoms with Crippen molar-refractivity contribution in [2.45, 2.75) is 44.0 Å². The summed E-state index contributed by atoms with van der Waals surface area (Å²) in [6.07, 6.45) is 6.00. The maximum absolute atomic E-state index is 6.21. The molecule has 0 amide bonds. The number of aryl methyl sites for hydroxylation is 1. The smallest absolute Gasteiger partial charge is 0.236 e. The Labute approximate surface area is 199 Å². The zero-order valence-corrected chi connectivity index (χ0v) is 19.4. The molecule has 0 radical (unpaired) electrons. The zero-order chi connectivity index (χ0) is 23.0. The third kappa shape index (κ3) is 4.19. The second-order valence-corrected chi connectivity index (χ2v) is 9.32. The number of para-hydroxylation sites is 1. The Hall–Kier alpha value is -3.22. The number of aromatic nitrogens is 3. The van der Waals surface area contributed by atoms with Crippen molar-refractivity contribution in [2.24, 2.45) is 7.05 Å². The van der Waals surface area contributed by atoms with Crippen LogP contribution < -0.4 is 4.74 Å². The zero-order valence-electron chi connectivity index (χ0n) is 19.4. The molecular weight excluding hydrogens is 426 g/mol. The standard InChI is InChI=1S/C28H29N3O3/c1-31-18-24(21-12-14-28(15-13-21)33-16-17-34-28)27(30-31)32-19-20-6-8-23(9-7-20)26-11-10-22-4-2-3-5-25(22)29-26/h2-11,18,21H,12-17,19H2,1H3. The lowest BCUT2D eigenvalue weighted by Gasteiger charge is -2.35. The van der Waals surface area contributed by atoms with Gasteiger partial charge in [-0.3, -0.25) is 4.68 Å². The molecule has 0 bridgehead atoms. The Morgan fingerprint density at radius 1 is 0.971 bits per heavy atom. The van der Waals surface area contributed by atoms with Crippen molar-refractivity contribution in [1.29, 1.82) is 0 Å². The summed E-state index contributed by atoms with van der Waals surface area (Å²) in [6.45, 7) is 1.90. The van der Waals surface area contributed by atoms with E-state index in [1.807, 2.05) is 29.9 Å². The van der Waals surface area contributed by atoms with Crippen LogP contribution in [0.25, 0.3) is 22.2 Å². The van der Waals surface area contributed by atoms with Crippen molar-refractivity contribution in [1.82, 2.24) is 14.8 Å². The van der Waals surface area contributed by atoms with E-state index in [-0.39, 0.29) is 5.79 Å². The maximum atomic E-state index is 6.21. The van der Waals surface area contributed by atoms with E-state index in [4.69, 9.17) is 19.2 Å². The number of hydrogen-bond donors (Lipinski definition) is 0. The van der Waals surface area contributed by atoms with Crippen LogP contribution >= 0.6 is 0 Å². The Morgan fingerprint density at radius 3 is 2.53 bits per heavy atom. The summed E-state index contributed by atoms with van der Waals surface area (Å²) < 4.78 is 19.8. The van der Waals surface area contributed by atoms with Crippen LogP contribution in [-0.4, -0.2) is 33.8 Å². The third-order valence-electron chi connectivity index (χ3n) is 7.05. The monoisotopic (exact) mass is 455 g/mol. The van der Waals surface area contributed by atoms with Crippen molar-refractivity contribution >= 4 is 10.9 Å². The van der Waals surface area contributed by atoms with Gasteiger partial charge in [0.1, 0.15) is 6.61 Å². The van der Waals surface area contributed by atoms with Crippen LogP contribution in [-0.2, 0) is 23.1 Å². The highest BCUT2D eigenvalue weighted by Gasteiger charge is 2.41. The van der Waals surface area contributed by atoms with E-state index in [1.54, 1.807) is 0 Å². The molecule has 6 heteroatoms. The van der Waals surface area contributed by atoms with E-state index >= 15 is 0 Å². The number of benzene rings is 2. The Kier molecular flexibility index (Phi) is 5.55. The van der Waals surface area contributed by atoms with Crippen LogP contribution in [0.5, 0.6) is 5.88 Å². The van der Waals surface area contributed by atoms with Crippen LogP contribution in [0.4, 0.5) is 0 Å². The molecule has 1 saturated heterocycles. The molecule has 34 heavy (non-hydrogen) atoms. The number of ether oxygens (including phenoxy) is 3. The molecular formula is C28H29N3O3. The third-order valence-corrected chi connectivity index (χ3v) is 7.05. The van der Waals surface area contributed by atoms with Crippen molar-refractivity contribution in [3.05, 3.63) is 78.0 Å². The van der Waals surface area contributed by atoms with Gasteiger partial charge in [-0.05, 0) is 36.5 Å². The molecule has 0 unspecified atom stereocenters. The molecule has 2 aromatic carbocycles. The fraction of sp³-hybridized carbons (Fsp3) is 0.357. The predicted octanol–water partition coefficient (Wildman–Crippen LogP) is 5.62. The number of nitrogens with zero attached hydrogens (tertiary/aromatic N) is 3. The summed E-state index contributed by atoms with van der Waals surface area (Å²) in [5, 5.41) is 5.76. The van der Waals surface area contributed by atoms with Crippen LogP contribution in [0.3, 0.4) is 0 Å². The molecule has 1 spiro atoms. The van der Waals surface area contributed by atoms with Gasteiger partial charge >= 0.3 is 0 Å². The molecule has 174 valence electrons. The first-order valence-electron chi connectivity index (χ1n) is 12.1. The summed E-state index contributed by atoms with van der Waals surface area (Å²) in [4.78, 5) is 4.80. The van der Waals surface area contributed by atoms with Gasteiger partial charge in [0, 0.05) is 42.6 Å². The topological polar surface area (TPSA) is 58.4 Å². The van der Waals surface area contributed by atoms with E-state index in [1.165, 1.54) is 5.56 Å². The Balaban J connectivity index is 1.13. The lowest BCUT2D eigenvalue weighted by atomic mass is 9.82. The minimum atomic E-state index is -0.346. The average Bonchev–Trinajstić information content (AvgIpc) is 3.49. The molecule has 1 aliphatic heterocycles. The molecule has 3 heterocycles. The molecule has 2 fully saturated rings. The van der Waals surface area contributed by atoms with E-state index in [2.05, 4.69) is 53.8 Å². The van der Waals surface area contributed by atoms with E-state index in [9.17, 15) is 0 Å². The van der Waals surface area contributed by atoms with Crippen LogP contribution in [0.1, 0.15) is 42.7 Å². The minimum Gasteiger partial charge on any atom is -0.472 e. The lowest BCUT2D eigenvalue weighted by Crippen LogP contribution is -2.34. The molecule has 6 rings (SSSR count). The first kappa shape index (κ1) is 21.3. The van der Waals surface area contributed by atoms with Crippen LogP contribution in [0.15, 0.2) is 66.9 Å². The van der Waals surface area contributed by atoms with Crippen molar-refractivity contribution in [2.75, 3.05) is 13.2 Å². The molecule has 0 N–H and O–H groups in total. The number of fused-ring (bicyclic) bond motifs is 1. The highest BCUT2D eigenvalue weighted by atomic mass is 16.7. The number of hydrogen-bond acceptors (Lipinski definition) is 5. The highest BCUT2D eigenvalue weighted by molar-refractivity contribution is 5.81. The van der Waals surface area contributed by atoms with E-state index in [0.717, 1.165) is 59.3 Å². The summed E-state index contributed by atoms with van der Waals surface area (Å²) in [5.41, 5.74) is 5.38. The second kappa shape index (κ2) is 8.85. The fourth-order valence-corrected chi connectivity index (χ4v) is 5.18. The van der Waals surface area contributed by atoms with Gasteiger partial charge in [-0.25, -0.2) is 4.98 Å². The SMILES string of the molecule is Cn1cc(C2CCC3(CC2)OCCO3)c(OCc2ccc(-c3ccc4ccccc4n3)cc2)n1. The fourth-order valence-electron chi connectivity index (χ4n) is 5.18. The number of pyridine rings is 1. The Morgan fingerprint density at radius 2 is 1.74 bits per heavy atom. The van der Waals surface area contributed by atoms with Crippen molar-refractivity contribution in [3.8, 4) is 17.1 Å². The molecule has 2 aliphatic rings. The van der Waals surface area contributed by atoms with Gasteiger partial charge in [0.05, 0.1) is 24.4 Å². The van der Waals surface area contributed by atoms with Gasteiger partial charge in [0.2, 0.25) is 5.88 Å². The summed E-state index contributed by atoms with van der Waals surface area (Å²) in [6, 6.07) is 20.8. The summed E-state index contributed by atoms with van der Waals surface area (Å²) in [7, 11) is 1.95. The first-order valence-corrected chi connectivity index (χ1v) is 12.1. The quantitative estimate of drug-likeness (QED) is 0.391. The molecule has 1 aliphatic carbocycles. The Bertz CT molecular complexity index is 1280. The highest BCUT2D eigenvalue weighted by Crippen LogP contribution is 2.44. The van der Waals surface area contributed by atoms with Crippen molar-refractivity contribution < 1.29 is 14.2 Å². The minimum absolute atomic E-state index is 0.346. The molecule has 6 nitrogen and oxygen atoms in total. The average molecular weight is 456 g/mol. The van der Waals surface area contributed by atoms with Crippen molar-refractivity contribution in [3.63, 3.8) is 0 Å². The van der Waals surface area contributed by atoms with Gasteiger partial charge < -0.3 is 14.2 Å². The second-order valence-electron chi connectivity index (χ2n) is 9.32. The van der Waals surface area contributed by atoms with Gasteiger partial charge in [0.25, 0.3) is 0 Å². The molecule has 2 aromatic heterocycles. The van der Waals surface area contributed by atoms with Gasteiger partial charge in [-0.15, -0.1) is 5.10 Å². The number of rotatable bonds is 5. The van der Waals surface area contributed by atoms with Crippen LogP contribution in [0, 0.1) is 0 Å². The molecule has 1 saturated carbocycles. The lowest BCUT2D eigenvalue weighted by molar-refractivity contribution is -0.178. The van der Waals surface area contributed by atoms with Gasteiger partial charge in [-0.1, -0.05) is 48.5 Å². The summed E-state index contributed by atoms with van der Waals surface area (Å²) in [5.74, 6) is 0.807. The van der Waals surface area contributed by atoms with Gasteiger partial charge in [-0.2, -0.15) is 0 Å². The first-order chi connectivity index (χ1) is 16.7. The summed E-state index contributed by atoms with van der Waals surface area (Å²) >= 11 is 0. The van der Waals surface area contributed by atoms with E-state index in [0.29, 0.717) is 25.7 Å².